The second-order valence-electron chi connectivity index (χ2n) is 4.97. The lowest BCUT2D eigenvalue weighted by Gasteiger charge is -2.41. The summed E-state index contributed by atoms with van der Waals surface area (Å²) in [6.45, 7) is 3.38. The number of nitrogens with one attached hydrogen (secondary N) is 1. The topological polar surface area (TPSA) is 73.1 Å². The van der Waals surface area contributed by atoms with Crippen LogP contribution in [0.5, 0.6) is 0 Å². The quantitative estimate of drug-likeness (QED) is 0.858. The SMILES string of the molecule is COCC1(CNc2nc(N)nc(C)c2Cl)CCC1. The van der Waals surface area contributed by atoms with Crippen molar-refractivity contribution in [2.75, 3.05) is 31.3 Å². The fourth-order valence-electron chi connectivity index (χ4n) is 2.32. The average molecular weight is 271 g/mol. The summed E-state index contributed by atoms with van der Waals surface area (Å²) in [5.74, 6) is 0.859. The molecule has 18 heavy (non-hydrogen) atoms. The van der Waals surface area contributed by atoms with Gasteiger partial charge in [-0.2, -0.15) is 4.98 Å². The molecule has 2 rings (SSSR count). The Morgan fingerprint density at radius 2 is 2.17 bits per heavy atom. The van der Waals surface area contributed by atoms with Gasteiger partial charge in [-0.15, -0.1) is 0 Å². The first-order valence-corrected chi connectivity index (χ1v) is 6.46. The number of nitrogens with two attached hydrogens (primary N) is 1. The second kappa shape index (κ2) is 5.28. The summed E-state index contributed by atoms with van der Waals surface area (Å²) < 4.78 is 5.28. The highest BCUT2D eigenvalue weighted by atomic mass is 35.5. The fourth-order valence-corrected chi connectivity index (χ4v) is 2.48. The van der Waals surface area contributed by atoms with E-state index in [1.807, 2.05) is 6.92 Å². The largest absolute Gasteiger partial charge is 0.384 e. The van der Waals surface area contributed by atoms with E-state index in [4.69, 9.17) is 22.1 Å². The molecule has 0 amide bonds. The highest BCUT2D eigenvalue weighted by Gasteiger charge is 2.37. The molecule has 0 atom stereocenters. The Morgan fingerprint density at radius 1 is 1.44 bits per heavy atom. The van der Waals surface area contributed by atoms with Crippen molar-refractivity contribution in [2.24, 2.45) is 5.41 Å². The van der Waals surface area contributed by atoms with Gasteiger partial charge in [0.15, 0.2) is 5.82 Å². The van der Waals surface area contributed by atoms with Crippen LogP contribution in [0.2, 0.25) is 5.02 Å². The third kappa shape index (κ3) is 2.67. The van der Waals surface area contributed by atoms with Crippen molar-refractivity contribution in [2.45, 2.75) is 26.2 Å². The second-order valence-corrected chi connectivity index (χ2v) is 5.35. The highest BCUT2D eigenvalue weighted by molar-refractivity contribution is 6.33. The van der Waals surface area contributed by atoms with Gasteiger partial charge in [0.2, 0.25) is 5.95 Å². The smallest absolute Gasteiger partial charge is 0.222 e. The number of nitrogen functional groups attached to an aromatic ring is 1. The zero-order valence-electron chi connectivity index (χ0n) is 10.8. The maximum absolute atomic E-state index is 6.16. The number of hydrogen-bond acceptors (Lipinski definition) is 5. The minimum Gasteiger partial charge on any atom is -0.384 e. The Morgan fingerprint density at radius 3 is 2.72 bits per heavy atom. The van der Waals surface area contributed by atoms with Crippen LogP contribution in [-0.2, 0) is 4.74 Å². The Bertz CT molecular complexity index is 434. The van der Waals surface area contributed by atoms with Crippen molar-refractivity contribution in [1.29, 1.82) is 0 Å². The number of ether oxygens (including phenoxy) is 1. The van der Waals surface area contributed by atoms with E-state index in [1.165, 1.54) is 19.3 Å². The van der Waals surface area contributed by atoms with E-state index < -0.39 is 0 Å². The Labute approximate surface area is 112 Å². The molecule has 1 saturated carbocycles. The fraction of sp³-hybridized carbons (Fsp3) is 0.667. The summed E-state index contributed by atoms with van der Waals surface area (Å²) in [4.78, 5) is 8.16. The molecule has 1 aliphatic rings. The summed E-state index contributed by atoms with van der Waals surface area (Å²) in [6, 6.07) is 0. The number of nitrogens with zero attached hydrogens (tertiary/aromatic N) is 2. The molecule has 5 nitrogen and oxygen atoms in total. The number of hydrogen-bond donors (Lipinski definition) is 2. The van der Waals surface area contributed by atoms with Gasteiger partial charge in [0.05, 0.1) is 12.3 Å². The summed E-state index contributed by atoms with van der Waals surface area (Å²) in [7, 11) is 1.74. The molecule has 0 spiro atoms. The molecule has 100 valence electrons. The maximum Gasteiger partial charge on any atom is 0.222 e. The molecule has 1 aromatic heterocycles. The lowest BCUT2D eigenvalue weighted by molar-refractivity contribution is 0.0282. The molecular formula is C12H19ClN4O. The number of halogens is 1. The van der Waals surface area contributed by atoms with Crippen molar-refractivity contribution in [1.82, 2.24) is 9.97 Å². The normalized spacial score (nSPS) is 17.3. The summed E-state index contributed by atoms with van der Waals surface area (Å²) in [6.07, 6.45) is 3.60. The molecule has 1 fully saturated rings. The van der Waals surface area contributed by atoms with Crippen LogP contribution in [0.15, 0.2) is 0 Å². The van der Waals surface area contributed by atoms with Gasteiger partial charge >= 0.3 is 0 Å². The lowest BCUT2D eigenvalue weighted by Crippen LogP contribution is -2.40. The minimum absolute atomic E-state index is 0.214. The standard InChI is InChI=1S/C12H19ClN4O/c1-8-9(13)10(17-11(14)16-8)15-6-12(7-18-2)4-3-5-12/h3-7H2,1-2H3,(H3,14,15,16,17). The van der Waals surface area contributed by atoms with Crippen molar-refractivity contribution in [3.05, 3.63) is 10.7 Å². The first-order valence-electron chi connectivity index (χ1n) is 6.09. The van der Waals surface area contributed by atoms with Gasteiger partial charge in [0.1, 0.15) is 5.02 Å². The minimum atomic E-state index is 0.214. The molecule has 6 heteroatoms. The van der Waals surface area contributed by atoms with Crippen LogP contribution in [0.1, 0.15) is 25.0 Å². The van der Waals surface area contributed by atoms with Gasteiger partial charge in [-0.05, 0) is 19.8 Å². The third-order valence-corrected chi connectivity index (χ3v) is 3.98. The van der Waals surface area contributed by atoms with E-state index in [-0.39, 0.29) is 11.4 Å². The first kappa shape index (κ1) is 13.4. The molecular weight excluding hydrogens is 252 g/mol. The predicted octanol–water partition coefficient (Wildman–Crippen LogP) is 2.25. The van der Waals surface area contributed by atoms with E-state index in [9.17, 15) is 0 Å². The van der Waals surface area contributed by atoms with Crippen LogP contribution in [0, 0.1) is 12.3 Å². The van der Waals surface area contributed by atoms with Crippen molar-refractivity contribution in [3.8, 4) is 0 Å². The van der Waals surface area contributed by atoms with Crippen LogP contribution in [0.25, 0.3) is 0 Å². The van der Waals surface area contributed by atoms with Crippen LogP contribution >= 0.6 is 11.6 Å². The molecule has 0 unspecified atom stereocenters. The molecule has 1 aromatic rings. The van der Waals surface area contributed by atoms with Gasteiger partial charge < -0.3 is 15.8 Å². The molecule has 0 aromatic carbocycles. The number of rotatable bonds is 5. The van der Waals surface area contributed by atoms with Gasteiger partial charge in [-0.25, -0.2) is 4.98 Å². The van der Waals surface area contributed by atoms with Gasteiger partial charge in [-0.1, -0.05) is 18.0 Å². The molecule has 0 radical (unpaired) electrons. The molecule has 3 N–H and O–H groups in total. The van der Waals surface area contributed by atoms with Gasteiger partial charge in [0, 0.05) is 19.1 Å². The Kier molecular flexibility index (Phi) is 3.92. The summed E-state index contributed by atoms with van der Waals surface area (Å²) in [5, 5.41) is 3.82. The van der Waals surface area contributed by atoms with Crippen molar-refractivity contribution in [3.63, 3.8) is 0 Å². The zero-order chi connectivity index (χ0) is 13.2. The van der Waals surface area contributed by atoms with Crippen LogP contribution in [-0.4, -0.2) is 30.2 Å². The number of aryl methyl sites for hydroxylation is 1. The molecule has 0 aliphatic heterocycles. The van der Waals surface area contributed by atoms with Gasteiger partial charge in [-0.3, -0.25) is 0 Å². The summed E-state index contributed by atoms with van der Waals surface area (Å²) >= 11 is 6.16. The highest BCUT2D eigenvalue weighted by Crippen LogP contribution is 2.41. The van der Waals surface area contributed by atoms with E-state index in [0.717, 1.165) is 13.2 Å². The van der Waals surface area contributed by atoms with E-state index in [1.54, 1.807) is 7.11 Å². The lowest BCUT2D eigenvalue weighted by atomic mass is 9.69. The molecule has 1 heterocycles. The van der Waals surface area contributed by atoms with Crippen molar-refractivity contribution < 1.29 is 4.74 Å². The van der Waals surface area contributed by atoms with Crippen LogP contribution in [0.3, 0.4) is 0 Å². The molecule has 0 bridgehead atoms. The number of aromatic nitrogens is 2. The van der Waals surface area contributed by atoms with E-state index >= 15 is 0 Å². The van der Waals surface area contributed by atoms with E-state index in [0.29, 0.717) is 16.5 Å². The molecule has 1 aliphatic carbocycles. The average Bonchev–Trinajstić information content (AvgIpc) is 2.28. The third-order valence-electron chi connectivity index (χ3n) is 3.53. The van der Waals surface area contributed by atoms with Crippen LogP contribution < -0.4 is 11.1 Å². The number of anilines is 2. The Hall–Kier alpha value is -1.07. The first-order chi connectivity index (χ1) is 8.56. The predicted molar refractivity (Wildman–Crippen MR) is 72.8 cm³/mol. The zero-order valence-corrected chi connectivity index (χ0v) is 11.5. The Balaban J connectivity index is 2.06. The monoisotopic (exact) mass is 270 g/mol. The van der Waals surface area contributed by atoms with E-state index in [2.05, 4.69) is 15.3 Å². The summed E-state index contributed by atoms with van der Waals surface area (Å²) in [5.41, 5.74) is 6.54. The van der Waals surface area contributed by atoms with Crippen molar-refractivity contribution >= 4 is 23.4 Å². The molecule has 0 saturated heterocycles. The van der Waals surface area contributed by atoms with Crippen LogP contribution in [0.4, 0.5) is 11.8 Å². The number of methoxy groups -OCH3 is 1. The van der Waals surface area contributed by atoms with Gasteiger partial charge in [0.25, 0.3) is 0 Å². The maximum atomic E-state index is 6.16.